The smallest absolute Gasteiger partial charge is 0.275 e. The van der Waals surface area contributed by atoms with E-state index in [-0.39, 0.29) is 29.0 Å². The van der Waals surface area contributed by atoms with Crippen molar-refractivity contribution in [1.29, 1.82) is 0 Å². The SMILES string of the molecule is CC1(C(=O)c2ccc(CO)c([N+](=O)[O-])c2)CC(O)=C1O. The van der Waals surface area contributed by atoms with Gasteiger partial charge in [-0.3, -0.25) is 14.9 Å². The quantitative estimate of drug-likeness (QED) is 0.440. The van der Waals surface area contributed by atoms with Crippen LogP contribution in [0.1, 0.15) is 29.3 Å². The Balaban J connectivity index is 2.43. The molecule has 0 radical (unpaired) electrons. The van der Waals surface area contributed by atoms with Gasteiger partial charge in [-0.1, -0.05) is 6.07 Å². The first-order valence-electron chi connectivity index (χ1n) is 5.86. The number of nitrogens with zero attached hydrogens (tertiary/aromatic N) is 1. The molecular weight excluding hydrogens is 266 g/mol. The van der Waals surface area contributed by atoms with Gasteiger partial charge in [0.25, 0.3) is 5.69 Å². The van der Waals surface area contributed by atoms with Crippen LogP contribution in [-0.2, 0) is 6.61 Å². The van der Waals surface area contributed by atoms with Crippen molar-refractivity contribution in [3.63, 3.8) is 0 Å². The number of ketones is 1. The van der Waals surface area contributed by atoms with Crippen molar-refractivity contribution < 1.29 is 25.0 Å². The Morgan fingerprint density at radius 2 is 2.10 bits per heavy atom. The van der Waals surface area contributed by atoms with Crippen molar-refractivity contribution in [3.05, 3.63) is 51.0 Å². The zero-order chi connectivity index (χ0) is 15.1. The van der Waals surface area contributed by atoms with Crippen LogP contribution in [0.3, 0.4) is 0 Å². The maximum absolute atomic E-state index is 12.3. The third-order valence-corrected chi connectivity index (χ3v) is 3.53. The first kappa shape index (κ1) is 14.0. The number of hydrogen-bond donors (Lipinski definition) is 3. The zero-order valence-electron chi connectivity index (χ0n) is 10.7. The van der Waals surface area contributed by atoms with Gasteiger partial charge in [0.15, 0.2) is 5.78 Å². The zero-order valence-corrected chi connectivity index (χ0v) is 10.7. The highest BCUT2D eigenvalue weighted by Crippen LogP contribution is 2.45. The van der Waals surface area contributed by atoms with Gasteiger partial charge in [0, 0.05) is 18.1 Å². The van der Waals surface area contributed by atoms with Gasteiger partial charge in [0.2, 0.25) is 0 Å². The lowest BCUT2D eigenvalue weighted by atomic mass is 9.69. The largest absolute Gasteiger partial charge is 0.509 e. The Bertz CT molecular complexity index is 636. The third kappa shape index (κ3) is 1.92. The van der Waals surface area contributed by atoms with E-state index in [1.54, 1.807) is 0 Å². The number of carbonyl (C=O) groups excluding carboxylic acids is 1. The number of aliphatic hydroxyl groups is 3. The fraction of sp³-hybridized carbons (Fsp3) is 0.308. The molecule has 0 heterocycles. The summed E-state index contributed by atoms with van der Waals surface area (Å²) >= 11 is 0. The molecule has 7 heteroatoms. The highest BCUT2D eigenvalue weighted by Gasteiger charge is 2.48. The predicted molar refractivity (Wildman–Crippen MR) is 68.4 cm³/mol. The molecule has 1 unspecified atom stereocenters. The number of rotatable bonds is 4. The summed E-state index contributed by atoms with van der Waals surface area (Å²) in [6.45, 7) is 0.949. The fourth-order valence-electron chi connectivity index (χ4n) is 2.23. The molecule has 0 saturated carbocycles. The van der Waals surface area contributed by atoms with Crippen LogP contribution in [0.2, 0.25) is 0 Å². The van der Waals surface area contributed by atoms with E-state index >= 15 is 0 Å². The monoisotopic (exact) mass is 279 g/mol. The van der Waals surface area contributed by atoms with Crippen molar-refractivity contribution in [2.75, 3.05) is 0 Å². The van der Waals surface area contributed by atoms with Gasteiger partial charge in [-0.2, -0.15) is 0 Å². The maximum Gasteiger partial charge on any atom is 0.275 e. The Kier molecular flexibility index (Phi) is 3.23. The minimum Gasteiger partial charge on any atom is -0.509 e. The number of Topliss-reactive ketones (excluding diaryl/α,β-unsaturated/α-hetero) is 1. The lowest BCUT2D eigenvalue weighted by Crippen LogP contribution is -2.38. The van der Waals surface area contributed by atoms with Gasteiger partial charge < -0.3 is 15.3 Å². The van der Waals surface area contributed by atoms with E-state index in [1.165, 1.54) is 19.1 Å². The van der Waals surface area contributed by atoms with Gasteiger partial charge in [0.05, 0.1) is 22.5 Å². The van der Waals surface area contributed by atoms with Crippen LogP contribution in [-0.4, -0.2) is 26.0 Å². The number of nitro benzene ring substituents is 1. The second-order valence-electron chi connectivity index (χ2n) is 4.89. The highest BCUT2D eigenvalue weighted by molar-refractivity contribution is 6.03. The molecule has 3 N–H and O–H groups in total. The topological polar surface area (TPSA) is 121 Å². The molecule has 106 valence electrons. The lowest BCUT2D eigenvalue weighted by Gasteiger charge is -2.35. The molecule has 0 spiro atoms. The molecule has 0 bridgehead atoms. The van der Waals surface area contributed by atoms with Crippen molar-refractivity contribution >= 4 is 11.5 Å². The van der Waals surface area contributed by atoms with Gasteiger partial charge in [0.1, 0.15) is 11.5 Å². The van der Waals surface area contributed by atoms with Gasteiger partial charge >= 0.3 is 0 Å². The first-order chi connectivity index (χ1) is 9.31. The Labute approximate surface area is 113 Å². The molecule has 1 aromatic rings. The first-order valence-corrected chi connectivity index (χ1v) is 5.86. The highest BCUT2D eigenvalue weighted by atomic mass is 16.6. The Morgan fingerprint density at radius 3 is 2.55 bits per heavy atom. The van der Waals surface area contributed by atoms with Gasteiger partial charge in [-0.25, -0.2) is 0 Å². The molecule has 2 rings (SSSR count). The molecule has 20 heavy (non-hydrogen) atoms. The van der Waals surface area contributed by atoms with Crippen LogP contribution in [0, 0.1) is 15.5 Å². The number of aliphatic hydroxyl groups excluding tert-OH is 3. The maximum atomic E-state index is 12.3. The molecule has 0 aromatic heterocycles. The minimum atomic E-state index is -1.25. The van der Waals surface area contributed by atoms with E-state index in [0.717, 1.165) is 6.07 Å². The summed E-state index contributed by atoms with van der Waals surface area (Å²) in [6.07, 6.45) is -0.00673. The number of nitro groups is 1. The second-order valence-corrected chi connectivity index (χ2v) is 4.89. The number of hydrogen-bond acceptors (Lipinski definition) is 6. The van der Waals surface area contributed by atoms with Crippen LogP contribution < -0.4 is 0 Å². The molecule has 0 amide bonds. The third-order valence-electron chi connectivity index (χ3n) is 3.53. The molecular formula is C13H13NO6. The molecule has 0 saturated heterocycles. The number of benzene rings is 1. The van der Waals surface area contributed by atoms with Crippen molar-refractivity contribution in [2.24, 2.45) is 5.41 Å². The second kappa shape index (κ2) is 4.61. The van der Waals surface area contributed by atoms with Gasteiger partial charge in [-0.05, 0) is 13.0 Å². The van der Waals surface area contributed by atoms with Crippen LogP contribution >= 0.6 is 0 Å². The van der Waals surface area contributed by atoms with E-state index in [4.69, 9.17) is 5.11 Å². The van der Waals surface area contributed by atoms with Crippen LogP contribution in [0.15, 0.2) is 29.7 Å². The average molecular weight is 279 g/mol. The van der Waals surface area contributed by atoms with Crippen molar-refractivity contribution in [2.45, 2.75) is 20.0 Å². The molecule has 7 nitrogen and oxygen atoms in total. The molecule has 0 fully saturated rings. The van der Waals surface area contributed by atoms with Crippen molar-refractivity contribution in [3.8, 4) is 0 Å². The summed E-state index contributed by atoms with van der Waals surface area (Å²) < 4.78 is 0. The molecule has 1 atom stereocenters. The summed E-state index contributed by atoms with van der Waals surface area (Å²) in [4.78, 5) is 22.5. The molecule has 0 aliphatic heterocycles. The fourth-order valence-corrected chi connectivity index (χ4v) is 2.23. The molecule has 1 aromatic carbocycles. The standard InChI is InChI=1S/C13H13NO6/c1-13(5-10(16)12(13)18)11(17)7-2-3-8(6-15)9(4-7)14(19)20/h2-4,15-16,18H,5-6H2,1H3. The lowest BCUT2D eigenvalue weighted by molar-refractivity contribution is -0.385. The number of allylic oxidation sites excluding steroid dienone is 2. The van der Waals surface area contributed by atoms with E-state index in [0.29, 0.717) is 0 Å². The van der Waals surface area contributed by atoms with Crippen molar-refractivity contribution in [1.82, 2.24) is 0 Å². The normalized spacial score (nSPS) is 21.5. The summed E-state index contributed by atoms with van der Waals surface area (Å²) in [7, 11) is 0. The van der Waals surface area contributed by atoms with E-state index in [2.05, 4.69) is 0 Å². The Hall–Kier alpha value is -2.41. The van der Waals surface area contributed by atoms with E-state index in [1.807, 2.05) is 0 Å². The van der Waals surface area contributed by atoms with E-state index < -0.39 is 28.5 Å². The summed E-state index contributed by atoms with van der Waals surface area (Å²) in [5.41, 5.74) is -1.45. The average Bonchev–Trinajstić information content (AvgIpc) is 2.45. The summed E-state index contributed by atoms with van der Waals surface area (Å²) in [5, 5.41) is 38.7. The van der Waals surface area contributed by atoms with Crippen LogP contribution in [0.25, 0.3) is 0 Å². The molecule has 1 aliphatic rings. The summed E-state index contributed by atoms with van der Waals surface area (Å²) in [6, 6.07) is 3.73. The van der Waals surface area contributed by atoms with Crippen LogP contribution in [0.4, 0.5) is 5.69 Å². The van der Waals surface area contributed by atoms with Gasteiger partial charge in [-0.15, -0.1) is 0 Å². The Morgan fingerprint density at radius 1 is 1.45 bits per heavy atom. The van der Waals surface area contributed by atoms with E-state index in [9.17, 15) is 25.1 Å². The molecule has 1 aliphatic carbocycles. The van der Waals surface area contributed by atoms with Crippen LogP contribution in [0.5, 0.6) is 0 Å². The summed E-state index contributed by atoms with van der Waals surface area (Å²) in [5.74, 6) is -1.17. The predicted octanol–water partition coefficient (Wildman–Crippen LogP) is 2.01. The minimum absolute atomic E-state index is 0.00673. The number of carbonyl (C=O) groups is 1.